The van der Waals surface area contributed by atoms with Crippen molar-refractivity contribution in [2.24, 2.45) is 0 Å². The highest BCUT2D eigenvalue weighted by Gasteiger charge is 2.26. The summed E-state index contributed by atoms with van der Waals surface area (Å²) in [7, 11) is 0. The van der Waals surface area contributed by atoms with Crippen LogP contribution in [0.3, 0.4) is 0 Å². The summed E-state index contributed by atoms with van der Waals surface area (Å²) in [6, 6.07) is 5.61. The molecule has 0 saturated heterocycles. The second-order valence-electron chi connectivity index (χ2n) is 5.16. The Morgan fingerprint density at radius 3 is 1.60 bits per heavy atom. The Hall–Kier alpha value is -4.88. The Kier molecular flexibility index (Phi) is 7.22. The van der Waals surface area contributed by atoms with Crippen LogP contribution in [0.25, 0.3) is 0 Å². The zero-order valence-corrected chi connectivity index (χ0v) is 14.4. The number of aromatic carboxylic acids is 4. The van der Waals surface area contributed by atoms with Gasteiger partial charge in [0.2, 0.25) is 0 Å². The van der Waals surface area contributed by atoms with E-state index in [1.54, 1.807) is 0 Å². The molecule has 0 unspecified atom stereocenters. The average Bonchev–Trinajstić information content (AvgIpc) is 2.66. The summed E-state index contributed by atoms with van der Waals surface area (Å²) in [6.07, 6.45) is 0. The average molecular weight is 422 g/mol. The molecule has 2 rings (SSSR count). The summed E-state index contributed by atoms with van der Waals surface area (Å²) in [5.41, 5.74) is -3.68. The summed E-state index contributed by atoms with van der Waals surface area (Å²) < 4.78 is 0. The van der Waals surface area contributed by atoms with Gasteiger partial charge in [-0.2, -0.15) is 0 Å². The molecule has 0 aliphatic carbocycles. The lowest BCUT2D eigenvalue weighted by molar-refractivity contribution is -0.385. The van der Waals surface area contributed by atoms with E-state index < -0.39 is 67.4 Å². The number of nitrogens with zero attached hydrogens (tertiary/aromatic N) is 2. The molecule has 14 heteroatoms. The van der Waals surface area contributed by atoms with Gasteiger partial charge in [-0.05, 0) is 12.1 Å². The number of non-ortho nitro benzene ring substituents is 1. The Balaban J connectivity index is 0.000000300. The summed E-state index contributed by atoms with van der Waals surface area (Å²) in [5.74, 6) is -6.12. The van der Waals surface area contributed by atoms with Crippen molar-refractivity contribution in [3.8, 4) is 0 Å². The van der Waals surface area contributed by atoms with Crippen LogP contribution in [0.15, 0.2) is 36.4 Å². The molecule has 0 aliphatic rings. The molecular weight excluding hydrogens is 412 g/mol. The molecule has 0 aromatic heterocycles. The maximum atomic E-state index is 10.7. The summed E-state index contributed by atoms with van der Waals surface area (Å²) in [4.78, 5) is 61.5. The van der Waals surface area contributed by atoms with Crippen molar-refractivity contribution in [3.05, 3.63) is 78.9 Å². The van der Waals surface area contributed by atoms with E-state index in [9.17, 15) is 39.4 Å². The van der Waals surface area contributed by atoms with Crippen LogP contribution in [-0.4, -0.2) is 54.1 Å². The van der Waals surface area contributed by atoms with Crippen molar-refractivity contribution in [1.82, 2.24) is 0 Å². The largest absolute Gasteiger partial charge is 0.478 e. The molecule has 0 saturated carbocycles. The van der Waals surface area contributed by atoms with Gasteiger partial charge in [-0.3, -0.25) is 20.2 Å². The van der Waals surface area contributed by atoms with Gasteiger partial charge in [-0.25, -0.2) is 19.2 Å². The van der Waals surface area contributed by atoms with Crippen LogP contribution in [0.1, 0.15) is 41.4 Å². The predicted octanol–water partition coefficient (Wildman–Crippen LogP) is 1.98. The molecule has 156 valence electrons. The highest BCUT2D eigenvalue weighted by atomic mass is 16.6. The number of rotatable bonds is 6. The van der Waals surface area contributed by atoms with Gasteiger partial charge in [0.1, 0.15) is 0 Å². The molecule has 14 nitrogen and oxygen atoms in total. The number of nitro groups is 2. The van der Waals surface area contributed by atoms with Crippen LogP contribution in [0, 0.1) is 20.2 Å². The van der Waals surface area contributed by atoms with E-state index in [4.69, 9.17) is 20.4 Å². The van der Waals surface area contributed by atoms with Gasteiger partial charge in [0, 0.05) is 18.2 Å². The fourth-order valence-corrected chi connectivity index (χ4v) is 2.10. The quantitative estimate of drug-likeness (QED) is 0.386. The van der Waals surface area contributed by atoms with Crippen LogP contribution in [0.5, 0.6) is 0 Å². The molecule has 30 heavy (non-hydrogen) atoms. The van der Waals surface area contributed by atoms with E-state index in [-0.39, 0.29) is 0 Å². The molecule has 0 aliphatic heterocycles. The Morgan fingerprint density at radius 1 is 0.667 bits per heavy atom. The molecule has 0 radical (unpaired) electrons. The first kappa shape index (κ1) is 23.2. The lowest BCUT2D eigenvalue weighted by atomic mass is 10.1. The maximum Gasteiger partial charge on any atom is 0.343 e. The highest BCUT2D eigenvalue weighted by molar-refractivity contribution is 6.04. The summed E-state index contributed by atoms with van der Waals surface area (Å²) in [6.45, 7) is 0. The molecule has 2 aromatic carbocycles. The number of carboxylic acids is 4. The van der Waals surface area contributed by atoms with Crippen LogP contribution in [0.2, 0.25) is 0 Å². The molecule has 0 bridgehead atoms. The lowest BCUT2D eigenvalue weighted by Crippen LogP contribution is -2.10. The number of carboxylic acid groups (broad SMARTS) is 4. The fourth-order valence-electron chi connectivity index (χ4n) is 2.10. The van der Waals surface area contributed by atoms with Crippen molar-refractivity contribution in [3.63, 3.8) is 0 Å². The number of hydrogen-bond donors (Lipinski definition) is 4. The molecule has 2 aromatic rings. The standard InChI is InChI=1S/2C8H5NO6/c10-7(11)5-2-1-4(9(14)15)3-6(5)8(12)13;10-7(11)4-2-1-3-5(9(14)15)6(4)8(12)13/h2*1-3H,(H,10,11)(H,12,13). The minimum Gasteiger partial charge on any atom is -0.478 e. The SMILES string of the molecule is O=C(O)c1ccc([N+](=O)[O-])cc1C(=O)O.O=C(O)c1cccc([N+](=O)[O-])c1C(=O)O. The van der Waals surface area contributed by atoms with E-state index in [1.807, 2.05) is 0 Å². The van der Waals surface area contributed by atoms with E-state index >= 15 is 0 Å². The third kappa shape index (κ3) is 5.32. The molecule has 0 heterocycles. The fraction of sp³-hybridized carbons (Fsp3) is 0. The molecule has 0 atom stereocenters. The maximum absolute atomic E-state index is 10.7. The number of carbonyl (C=O) groups is 4. The van der Waals surface area contributed by atoms with Crippen molar-refractivity contribution in [2.75, 3.05) is 0 Å². The first-order chi connectivity index (χ1) is 13.9. The molecular formula is C16H10N2O12. The third-order valence-corrected chi connectivity index (χ3v) is 3.36. The van der Waals surface area contributed by atoms with E-state index in [0.717, 1.165) is 30.3 Å². The van der Waals surface area contributed by atoms with E-state index in [0.29, 0.717) is 6.07 Å². The smallest absolute Gasteiger partial charge is 0.343 e. The van der Waals surface area contributed by atoms with Gasteiger partial charge >= 0.3 is 23.9 Å². The van der Waals surface area contributed by atoms with Crippen molar-refractivity contribution < 1.29 is 49.5 Å². The first-order valence-electron chi connectivity index (χ1n) is 7.37. The number of hydrogen-bond acceptors (Lipinski definition) is 8. The molecule has 0 amide bonds. The first-order valence-corrected chi connectivity index (χ1v) is 7.37. The Morgan fingerprint density at radius 2 is 1.20 bits per heavy atom. The summed E-state index contributed by atoms with van der Waals surface area (Å²) in [5, 5.41) is 55.3. The zero-order valence-electron chi connectivity index (χ0n) is 14.4. The molecule has 4 N–H and O–H groups in total. The van der Waals surface area contributed by atoms with Crippen LogP contribution in [0.4, 0.5) is 11.4 Å². The van der Waals surface area contributed by atoms with E-state index in [2.05, 4.69) is 0 Å². The third-order valence-electron chi connectivity index (χ3n) is 3.36. The Bertz CT molecular complexity index is 1030. The van der Waals surface area contributed by atoms with Gasteiger partial charge in [0.25, 0.3) is 11.4 Å². The molecule has 0 spiro atoms. The lowest BCUT2D eigenvalue weighted by Gasteiger charge is -2.01. The van der Waals surface area contributed by atoms with Gasteiger partial charge in [0.05, 0.1) is 26.5 Å². The van der Waals surface area contributed by atoms with Crippen LogP contribution >= 0.6 is 0 Å². The van der Waals surface area contributed by atoms with Crippen molar-refractivity contribution >= 4 is 35.3 Å². The van der Waals surface area contributed by atoms with Crippen LogP contribution in [-0.2, 0) is 0 Å². The van der Waals surface area contributed by atoms with Gasteiger partial charge < -0.3 is 20.4 Å². The van der Waals surface area contributed by atoms with Gasteiger partial charge in [0.15, 0.2) is 5.56 Å². The minimum atomic E-state index is -1.64. The topological polar surface area (TPSA) is 235 Å². The second-order valence-corrected chi connectivity index (χ2v) is 5.16. The van der Waals surface area contributed by atoms with Crippen molar-refractivity contribution in [2.45, 2.75) is 0 Å². The number of nitro benzene ring substituents is 2. The molecule has 0 fully saturated rings. The number of benzene rings is 2. The van der Waals surface area contributed by atoms with Crippen LogP contribution < -0.4 is 0 Å². The predicted molar refractivity (Wildman–Crippen MR) is 94.0 cm³/mol. The normalized spacial score (nSPS) is 9.60. The zero-order chi connectivity index (χ0) is 23.2. The summed E-state index contributed by atoms with van der Waals surface area (Å²) >= 11 is 0. The van der Waals surface area contributed by atoms with Gasteiger partial charge in [-0.1, -0.05) is 6.07 Å². The highest BCUT2D eigenvalue weighted by Crippen LogP contribution is 2.22. The minimum absolute atomic E-state index is 0.461. The van der Waals surface area contributed by atoms with Gasteiger partial charge in [-0.15, -0.1) is 0 Å². The Labute approximate surface area is 164 Å². The van der Waals surface area contributed by atoms with Crippen molar-refractivity contribution in [1.29, 1.82) is 0 Å². The monoisotopic (exact) mass is 422 g/mol. The van der Waals surface area contributed by atoms with E-state index in [1.165, 1.54) is 0 Å². The second kappa shape index (κ2) is 9.36.